The smallest absolute Gasteiger partial charge is 0.251 e. The monoisotopic (exact) mass is 483 g/mol. The summed E-state index contributed by atoms with van der Waals surface area (Å²) >= 11 is 7.87. The fourth-order valence-corrected chi connectivity index (χ4v) is 4.83. The van der Waals surface area contributed by atoms with E-state index >= 15 is 0 Å². The number of thiophene rings is 1. The number of aromatic nitrogens is 2. The van der Waals surface area contributed by atoms with Gasteiger partial charge in [0.05, 0.1) is 34.3 Å². The summed E-state index contributed by atoms with van der Waals surface area (Å²) in [7, 11) is 0. The number of nitrogens with one attached hydrogen (secondary N) is 1. The minimum Gasteiger partial charge on any atom is -0.489 e. The van der Waals surface area contributed by atoms with E-state index in [1.165, 1.54) is 0 Å². The molecule has 1 atom stereocenters. The molecule has 0 radical (unpaired) electrons. The highest BCUT2D eigenvalue weighted by Crippen LogP contribution is 2.29. The van der Waals surface area contributed by atoms with Gasteiger partial charge in [-0.1, -0.05) is 17.7 Å². The summed E-state index contributed by atoms with van der Waals surface area (Å²) in [4.78, 5) is 19.6. The Labute approximate surface area is 201 Å². The third kappa shape index (κ3) is 5.38. The van der Waals surface area contributed by atoms with Gasteiger partial charge in [0.1, 0.15) is 11.4 Å². The minimum absolute atomic E-state index is 0.0128. The van der Waals surface area contributed by atoms with E-state index in [1.807, 2.05) is 61.8 Å². The number of aliphatic hydroxyl groups is 1. The third-order valence-corrected chi connectivity index (χ3v) is 6.58. The number of pyridine rings is 1. The lowest BCUT2D eigenvalue weighted by Gasteiger charge is -2.16. The average Bonchev–Trinajstić information content (AvgIpc) is 3.42. The fraction of sp³-hybridized carbons (Fsp3) is 0.280. The zero-order valence-electron chi connectivity index (χ0n) is 18.7. The Morgan fingerprint density at radius 2 is 2.09 bits per heavy atom. The van der Waals surface area contributed by atoms with Crippen LogP contribution < -0.4 is 10.1 Å². The van der Waals surface area contributed by atoms with Crippen molar-refractivity contribution in [2.75, 3.05) is 6.61 Å². The van der Waals surface area contributed by atoms with E-state index < -0.39 is 6.04 Å². The molecule has 8 heteroatoms. The van der Waals surface area contributed by atoms with Gasteiger partial charge in [-0.05, 0) is 62.7 Å². The van der Waals surface area contributed by atoms with E-state index in [0.717, 1.165) is 26.7 Å². The van der Waals surface area contributed by atoms with E-state index in [9.17, 15) is 9.90 Å². The van der Waals surface area contributed by atoms with Gasteiger partial charge in [-0.3, -0.25) is 4.79 Å². The van der Waals surface area contributed by atoms with Crippen molar-refractivity contribution in [2.24, 2.45) is 0 Å². The Bertz CT molecular complexity index is 1280. The largest absolute Gasteiger partial charge is 0.489 e. The molecule has 0 aliphatic rings. The zero-order valence-corrected chi connectivity index (χ0v) is 20.3. The Morgan fingerprint density at radius 1 is 1.27 bits per heavy atom. The van der Waals surface area contributed by atoms with Crippen LogP contribution >= 0.6 is 22.9 Å². The summed E-state index contributed by atoms with van der Waals surface area (Å²) in [5, 5.41) is 13.1. The fourth-order valence-electron chi connectivity index (χ4n) is 3.56. The number of hydrogen-bond donors (Lipinski definition) is 2. The van der Waals surface area contributed by atoms with Crippen molar-refractivity contribution in [3.8, 4) is 16.3 Å². The van der Waals surface area contributed by atoms with Crippen LogP contribution in [0.4, 0.5) is 0 Å². The summed E-state index contributed by atoms with van der Waals surface area (Å²) in [5.74, 6) is 0.245. The quantitative estimate of drug-likeness (QED) is 0.363. The SMILES string of the molecule is Cc1cccn2cc(-c3ccc(C[C@@H](CO)NC(=O)c4ccc(OC(C)C)c(Cl)c4)s3)nc12. The highest BCUT2D eigenvalue weighted by atomic mass is 35.5. The number of imidazole rings is 1. The third-order valence-electron chi connectivity index (χ3n) is 5.15. The first-order valence-corrected chi connectivity index (χ1v) is 11.9. The van der Waals surface area contributed by atoms with Crippen molar-refractivity contribution >= 4 is 34.5 Å². The summed E-state index contributed by atoms with van der Waals surface area (Å²) in [6, 6.07) is 12.6. The van der Waals surface area contributed by atoms with Crippen LogP contribution in [0.15, 0.2) is 54.9 Å². The van der Waals surface area contributed by atoms with Crippen molar-refractivity contribution in [2.45, 2.75) is 39.3 Å². The molecular formula is C25H26ClN3O3S. The van der Waals surface area contributed by atoms with Crippen LogP contribution in [0.25, 0.3) is 16.2 Å². The summed E-state index contributed by atoms with van der Waals surface area (Å²) in [6.07, 6.45) is 4.50. The first-order chi connectivity index (χ1) is 15.8. The number of halogens is 1. The van der Waals surface area contributed by atoms with Crippen molar-refractivity contribution in [1.29, 1.82) is 0 Å². The second kappa shape index (κ2) is 9.95. The van der Waals surface area contributed by atoms with E-state index in [2.05, 4.69) is 5.32 Å². The van der Waals surface area contributed by atoms with Gasteiger partial charge in [0.25, 0.3) is 5.91 Å². The van der Waals surface area contributed by atoms with Gasteiger partial charge in [0.2, 0.25) is 0 Å². The number of carbonyl (C=O) groups excluding carboxylic acids is 1. The molecule has 1 aromatic carbocycles. The number of ether oxygens (including phenoxy) is 1. The van der Waals surface area contributed by atoms with E-state index in [4.69, 9.17) is 21.3 Å². The first kappa shape index (κ1) is 23.3. The molecule has 6 nitrogen and oxygen atoms in total. The topological polar surface area (TPSA) is 75.9 Å². The predicted molar refractivity (Wildman–Crippen MR) is 133 cm³/mol. The molecule has 3 aromatic heterocycles. The molecule has 0 bridgehead atoms. The van der Waals surface area contributed by atoms with Crippen LogP contribution in [0.5, 0.6) is 5.75 Å². The number of carbonyl (C=O) groups is 1. The van der Waals surface area contributed by atoms with Crippen molar-refractivity contribution < 1.29 is 14.6 Å². The highest BCUT2D eigenvalue weighted by Gasteiger charge is 2.17. The Kier molecular flexibility index (Phi) is 7.02. The number of hydrogen-bond acceptors (Lipinski definition) is 5. The Hall–Kier alpha value is -2.87. The van der Waals surface area contributed by atoms with E-state index in [1.54, 1.807) is 29.5 Å². The van der Waals surface area contributed by atoms with Gasteiger partial charge in [0.15, 0.2) is 0 Å². The molecule has 0 saturated carbocycles. The van der Waals surface area contributed by atoms with Crippen LogP contribution in [-0.4, -0.2) is 39.2 Å². The Balaban J connectivity index is 1.44. The molecule has 0 unspecified atom stereocenters. The average molecular weight is 484 g/mol. The molecule has 4 rings (SSSR count). The van der Waals surface area contributed by atoms with Crippen molar-refractivity contribution in [1.82, 2.24) is 14.7 Å². The van der Waals surface area contributed by atoms with E-state index in [-0.39, 0.29) is 18.6 Å². The van der Waals surface area contributed by atoms with Crippen LogP contribution in [-0.2, 0) is 6.42 Å². The normalized spacial score (nSPS) is 12.3. The van der Waals surface area contributed by atoms with E-state index in [0.29, 0.717) is 22.8 Å². The lowest BCUT2D eigenvalue weighted by Crippen LogP contribution is -2.38. The van der Waals surface area contributed by atoms with Gasteiger partial charge in [-0.15, -0.1) is 11.3 Å². The first-order valence-electron chi connectivity index (χ1n) is 10.8. The standard InChI is InChI=1S/C25H26ClN3O3S/c1-15(2)32-22-8-6-17(11-20(22)26)25(31)27-18(14-30)12-19-7-9-23(33-19)21-13-29-10-4-5-16(3)24(29)28-21/h4-11,13,15,18,30H,12,14H2,1-3H3,(H,27,31)/t18-/m0/s1. The molecule has 1 amide bonds. The van der Waals surface area contributed by atoms with Gasteiger partial charge in [0, 0.05) is 29.3 Å². The lowest BCUT2D eigenvalue weighted by atomic mass is 10.1. The molecular weight excluding hydrogens is 458 g/mol. The van der Waals surface area contributed by atoms with Crippen molar-refractivity contribution in [3.63, 3.8) is 0 Å². The summed E-state index contributed by atoms with van der Waals surface area (Å²) in [5.41, 5.74) is 3.38. The molecule has 2 N–H and O–H groups in total. The maximum atomic E-state index is 12.7. The van der Waals surface area contributed by atoms with Gasteiger partial charge < -0.3 is 19.6 Å². The molecule has 172 valence electrons. The number of amides is 1. The number of aliphatic hydroxyl groups excluding tert-OH is 1. The zero-order chi connectivity index (χ0) is 23.5. The summed E-state index contributed by atoms with van der Waals surface area (Å²) < 4.78 is 7.63. The predicted octanol–water partition coefficient (Wildman–Crippen LogP) is 5.15. The van der Waals surface area contributed by atoms with Gasteiger partial charge >= 0.3 is 0 Å². The molecule has 0 aliphatic heterocycles. The van der Waals surface area contributed by atoms with Crippen molar-refractivity contribution in [3.05, 3.63) is 75.9 Å². The molecule has 4 aromatic rings. The number of fused-ring (bicyclic) bond motifs is 1. The number of rotatable bonds is 8. The maximum absolute atomic E-state index is 12.7. The molecule has 3 heterocycles. The van der Waals surface area contributed by atoms with Crippen LogP contribution in [0.2, 0.25) is 5.02 Å². The molecule has 0 aliphatic carbocycles. The summed E-state index contributed by atoms with van der Waals surface area (Å²) in [6.45, 7) is 5.69. The molecule has 33 heavy (non-hydrogen) atoms. The molecule has 0 saturated heterocycles. The van der Waals surface area contributed by atoms with Gasteiger partial charge in [-0.2, -0.15) is 0 Å². The number of aryl methyl sites for hydroxylation is 1. The second-order valence-corrected chi connectivity index (χ2v) is 9.76. The molecule has 0 fully saturated rings. The Morgan fingerprint density at radius 3 is 2.79 bits per heavy atom. The van der Waals surface area contributed by atoms with Gasteiger partial charge in [-0.25, -0.2) is 4.98 Å². The van der Waals surface area contributed by atoms with Crippen LogP contribution in [0.1, 0.15) is 34.6 Å². The highest BCUT2D eigenvalue weighted by molar-refractivity contribution is 7.15. The minimum atomic E-state index is -0.419. The molecule has 0 spiro atoms. The number of nitrogens with zero attached hydrogens (tertiary/aromatic N) is 2. The maximum Gasteiger partial charge on any atom is 0.251 e. The van der Waals surface area contributed by atoms with Crippen LogP contribution in [0.3, 0.4) is 0 Å². The lowest BCUT2D eigenvalue weighted by molar-refractivity contribution is 0.0916. The number of benzene rings is 1. The second-order valence-electron chi connectivity index (χ2n) is 8.18. The van der Waals surface area contributed by atoms with Crippen LogP contribution in [0, 0.1) is 6.92 Å².